The molecule has 3 aliphatic rings. The number of allylic oxidation sites excluding steroid dienone is 7. The predicted octanol–water partition coefficient (Wildman–Crippen LogP) is 9.76. The molecule has 2 amide bonds. The molecule has 2 aromatic heterocycles. The normalized spacial score (nSPS) is 16.9. The van der Waals surface area contributed by atoms with Crippen molar-refractivity contribution in [3.8, 4) is 5.75 Å². The maximum atomic E-state index is 13.4. The molecular weight excluding hydrogens is 1050 g/mol. The van der Waals surface area contributed by atoms with E-state index in [1.165, 1.54) is 35.6 Å². The Bertz CT molecular complexity index is 3700. The Labute approximate surface area is 479 Å². The molecule has 0 fully saturated rings. The van der Waals surface area contributed by atoms with Crippen LogP contribution >= 0.6 is 0 Å². The Morgan fingerprint density at radius 1 is 0.890 bits per heavy atom. The molecule has 4 heterocycles. The summed E-state index contributed by atoms with van der Waals surface area (Å²) in [7, 11) is -4.07. The van der Waals surface area contributed by atoms with Crippen molar-refractivity contribution in [3.05, 3.63) is 188 Å². The average Bonchev–Trinajstić information content (AvgIpc) is 3.87. The lowest BCUT2D eigenvalue weighted by Crippen LogP contribution is -2.53. The number of ether oxygens (including phenoxy) is 1. The number of hydrazine groups is 1. The molecule has 19 heteroatoms. The number of aromatic amines is 1. The van der Waals surface area contributed by atoms with Gasteiger partial charge < -0.3 is 26.0 Å². The van der Waals surface area contributed by atoms with Crippen LogP contribution in [-0.2, 0) is 38.7 Å². The number of nitrogens with zero attached hydrogens (tertiary/aromatic N) is 5. The van der Waals surface area contributed by atoms with Gasteiger partial charge in [0.15, 0.2) is 16.9 Å². The van der Waals surface area contributed by atoms with Crippen molar-refractivity contribution in [1.29, 1.82) is 0 Å². The van der Waals surface area contributed by atoms with E-state index in [4.69, 9.17) is 10.5 Å². The van der Waals surface area contributed by atoms with Crippen LogP contribution in [0.1, 0.15) is 126 Å². The number of hydrogen-bond donors (Lipinski definition) is 7. The van der Waals surface area contributed by atoms with Crippen LogP contribution in [0.2, 0.25) is 0 Å². The van der Waals surface area contributed by atoms with E-state index in [9.17, 15) is 27.4 Å². The molecule has 1 aliphatic carbocycles. The van der Waals surface area contributed by atoms with Gasteiger partial charge in [-0.25, -0.2) is 15.4 Å². The molecule has 4 aromatic carbocycles. The molecule has 6 aromatic rings. The third kappa shape index (κ3) is 13.7. The number of unbranched alkanes of at least 4 members (excludes halogenated alkanes) is 3. The molecule has 18 nitrogen and oxygen atoms in total. The van der Waals surface area contributed by atoms with Gasteiger partial charge in [-0.2, -0.15) is 18.0 Å². The van der Waals surface area contributed by atoms with Crippen molar-refractivity contribution in [3.63, 3.8) is 0 Å². The average molecular weight is 1130 g/mol. The van der Waals surface area contributed by atoms with Gasteiger partial charge in [0.2, 0.25) is 17.5 Å². The van der Waals surface area contributed by atoms with E-state index in [2.05, 4.69) is 152 Å². The van der Waals surface area contributed by atoms with Gasteiger partial charge in [0, 0.05) is 72.1 Å². The second kappa shape index (κ2) is 25.3. The Hall–Kier alpha value is -8.26. The van der Waals surface area contributed by atoms with Gasteiger partial charge in [-0.15, -0.1) is 0 Å². The lowest BCUT2D eigenvalue weighted by Gasteiger charge is -2.27. The molecule has 9 rings (SSSR count). The molecule has 2 aliphatic heterocycles. The van der Waals surface area contributed by atoms with Crippen LogP contribution in [0.3, 0.4) is 0 Å². The summed E-state index contributed by atoms with van der Waals surface area (Å²) in [5, 5.41) is 6.12. The van der Waals surface area contributed by atoms with Gasteiger partial charge in [0.05, 0.1) is 29.6 Å². The zero-order chi connectivity index (χ0) is 58.2. The molecule has 0 spiro atoms. The Kier molecular flexibility index (Phi) is 18.0. The highest BCUT2D eigenvalue weighted by atomic mass is 32.2. The zero-order valence-electron chi connectivity index (χ0n) is 47.5. The number of H-pyrrole nitrogens is 1. The quantitative estimate of drug-likeness (QED) is 0.0104. The number of anilines is 3. The largest absolute Gasteiger partial charge is 0.457 e. The molecule has 0 radical (unpaired) electrons. The molecular formula is C63H74N11O7S+. The number of nitrogen functional groups attached to an aromatic ring is 1. The van der Waals surface area contributed by atoms with Crippen LogP contribution in [0, 0.1) is 0 Å². The van der Waals surface area contributed by atoms with Gasteiger partial charge >= 0.3 is 0 Å². The summed E-state index contributed by atoms with van der Waals surface area (Å²) >= 11 is 0. The van der Waals surface area contributed by atoms with Crippen molar-refractivity contribution >= 4 is 61.8 Å². The second-order valence-corrected chi connectivity index (χ2v) is 23.7. The van der Waals surface area contributed by atoms with E-state index in [-0.39, 0.29) is 46.1 Å². The number of benzene rings is 4. The van der Waals surface area contributed by atoms with Crippen LogP contribution in [0.4, 0.5) is 23.0 Å². The molecule has 0 unspecified atom stereocenters. The number of amides is 2. The van der Waals surface area contributed by atoms with E-state index < -0.39 is 27.8 Å². The number of carbonyl (C=O) groups excluding carboxylic acids is 2. The number of carbonyl (C=O) groups is 2. The van der Waals surface area contributed by atoms with Crippen LogP contribution in [0.25, 0.3) is 11.2 Å². The second-order valence-electron chi connectivity index (χ2n) is 22.2. The first-order valence-electron chi connectivity index (χ1n) is 28.1. The third-order valence-corrected chi connectivity index (χ3v) is 16.2. The fraction of sp³-hybridized carbons (Fsp3) is 0.349. The first-order valence-corrected chi connectivity index (χ1v) is 29.7. The minimum Gasteiger partial charge on any atom is -0.457 e. The lowest BCUT2D eigenvalue weighted by atomic mass is 9.81. The number of rotatable bonds is 23. The maximum Gasteiger partial charge on any atom is 0.280 e. The number of hydrogen-bond acceptors (Lipinski definition) is 13. The highest BCUT2D eigenvalue weighted by molar-refractivity contribution is 7.85. The Morgan fingerprint density at radius 2 is 1.63 bits per heavy atom. The van der Waals surface area contributed by atoms with E-state index in [0.717, 1.165) is 78.9 Å². The molecule has 0 saturated heterocycles. The first-order chi connectivity index (χ1) is 39.3. The standard InChI is InChI=1S/C63H73N11O7S/c1-7-8-13-35-73-51-21-11-9-19-49(51)62(3,4)53(73)33-27-43-17-16-18-44(28-34-54-63(5,6)50-20-10-12-22-52(50)74(54)36-14-15-37-82(78,79)80)57(43)81-48-31-23-42(24-32-48)38-55(67-41(2)75)71-72-59(76)45-25-29-46(30-26-45)65-39-47-40-66-58-56(68-47)60(77)70-61(64)69-58/h9-12,19-34,40,55H,7-8,13-18,35-39H2,1-6H3,(H7-,64,65,66,67,68,69,70,71,72,75,76,77,78,79,80)/p+1/t55-/m1/s1. The van der Waals surface area contributed by atoms with Gasteiger partial charge in [-0.1, -0.05) is 81.8 Å². The number of nitrogens with one attached hydrogen (secondary N) is 5. The van der Waals surface area contributed by atoms with E-state index in [1.54, 1.807) is 24.3 Å². The number of nitrogens with two attached hydrogens (primary N) is 1. The van der Waals surface area contributed by atoms with Gasteiger partial charge in [-0.05, 0) is 129 Å². The predicted molar refractivity (Wildman–Crippen MR) is 323 cm³/mol. The molecule has 8 N–H and O–H groups in total. The Balaban J connectivity index is 0.947. The van der Waals surface area contributed by atoms with Crippen molar-refractivity contribution < 1.29 is 31.9 Å². The highest BCUT2D eigenvalue weighted by Gasteiger charge is 2.44. The van der Waals surface area contributed by atoms with Crippen LogP contribution in [0.15, 0.2) is 155 Å². The number of para-hydroxylation sites is 2. The van der Waals surface area contributed by atoms with Crippen molar-refractivity contribution in [2.24, 2.45) is 0 Å². The fourth-order valence-electron chi connectivity index (χ4n) is 11.2. The zero-order valence-corrected chi connectivity index (χ0v) is 48.3. The van der Waals surface area contributed by atoms with Crippen LogP contribution < -0.4 is 42.4 Å². The fourth-order valence-corrected chi connectivity index (χ4v) is 11.8. The summed E-state index contributed by atoms with van der Waals surface area (Å²) in [6.45, 7) is 14.5. The maximum absolute atomic E-state index is 13.4. The van der Waals surface area contributed by atoms with Crippen molar-refractivity contribution in [2.75, 3.05) is 34.8 Å². The summed E-state index contributed by atoms with van der Waals surface area (Å²) in [5.41, 5.74) is 22.3. The molecule has 82 heavy (non-hydrogen) atoms. The molecule has 0 bridgehead atoms. The van der Waals surface area contributed by atoms with Gasteiger partial charge in [-0.3, -0.25) is 29.3 Å². The topological polar surface area (TPSA) is 250 Å². The molecule has 0 saturated carbocycles. The number of fused-ring (bicyclic) bond motifs is 3. The highest BCUT2D eigenvalue weighted by Crippen LogP contribution is 2.48. The summed E-state index contributed by atoms with van der Waals surface area (Å²) in [6, 6.07) is 31.7. The van der Waals surface area contributed by atoms with Gasteiger partial charge in [0.1, 0.15) is 24.2 Å². The first kappa shape index (κ1) is 58.4. The molecule has 1 atom stereocenters. The summed E-state index contributed by atoms with van der Waals surface area (Å²) in [6.07, 6.45) is 16.9. The van der Waals surface area contributed by atoms with Crippen molar-refractivity contribution in [1.82, 2.24) is 36.1 Å². The lowest BCUT2D eigenvalue weighted by molar-refractivity contribution is -0.438. The minimum absolute atomic E-state index is 0.0393. The van der Waals surface area contributed by atoms with Gasteiger partial charge in [0.25, 0.3) is 21.6 Å². The minimum atomic E-state index is -4.07. The summed E-state index contributed by atoms with van der Waals surface area (Å²) < 4.78 is 42.3. The summed E-state index contributed by atoms with van der Waals surface area (Å²) in [4.78, 5) is 55.4. The van der Waals surface area contributed by atoms with Crippen LogP contribution in [-0.4, -0.2) is 80.0 Å². The monoisotopic (exact) mass is 1130 g/mol. The van der Waals surface area contributed by atoms with E-state index in [1.807, 2.05) is 30.3 Å². The van der Waals surface area contributed by atoms with E-state index >= 15 is 0 Å². The number of aromatic nitrogens is 4. The van der Waals surface area contributed by atoms with E-state index in [0.29, 0.717) is 48.5 Å². The Morgan fingerprint density at radius 3 is 2.38 bits per heavy atom. The van der Waals surface area contributed by atoms with Crippen molar-refractivity contribution in [2.45, 2.75) is 123 Å². The van der Waals surface area contributed by atoms with Crippen LogP contribution in [0.5, 0.6) is 5.75 Å². The third-order valence-electron chi connectivity index (χ3n) is 15.4. The molecule has 428 valence electrons. The summed E-state index contributed by atoms with van der Waals surface area (Å²) in [5.74, 6) is 0.419. The smallest absolute Gasteiger partial charge is 0.280 e. The SMILES string of the molecule is CCCCC[N+]1=C(/C=C/C2=C(Oc3ccc(C[C@@H](NNC(=O)c4ccc(NCc5cnc6nc(N)[nH]c(=O)c6n5)cc4)NC(C)=O)cc3)C(=C/C=C3/N(CCCCS(=O)(=O)O)c4ccccc4C3(C)C)/CCC2)C(C)(C)c2ccccc21.